The molecule has 1 fully saturated rings. The number of rotatable bonds is 3. The predicted molar refractivity (Wildman–Crippen MR) is 71.6 cm³/mol. The van der Waals surface area contributed by atoms with Crippen LogP contribution in [0.15, 0.2) is 0 Å². The van der Waals surface area contributed by atoms with E-state index in [0.717, 1.165) is 25.8 Å². The number of hydrogen-bond donors (Lipinski definition) is 2. The molecule has 0 aliphatic heterocycles. The highest BCUT2D eigenvalue weighted by Gasteiger charge is 2.42. The van der Waals surface area contributed by atoms with Crippen LogP contribution in [0.1, 0.15) is 53.9 Å². The molecule has 3 unspecified atom stereocenters. The first-order valence-corrected chi connectivity index (χ1v) is 6.72. The minimum Gasteiger partial charge on any atom is -0.355 e. The topological polar surface area (TPSA) is 55.1 Å². The highest BCUT2D eigenvalue weighted by molar-refractivity contribution is 5.83. The molecule has 1 rings (SSSR count). The molecule has 1 saturated carbocycles. The maximum Gasteiger partial charge on any atom is 0.227 e. The van der Waals surface area contributed by atoms with Crippen LogP contribution in [0.5, 0.6) is 0 Å². The van der Waals surface area contributed by atoms with Crippen molar-refractivity contribution in [3.8, 4) is 0 Å². The van der Waals surface area contributed by atoms with Crippen LogP contribution in [0.25, 0.3) is 0 Å². The summed E-state index contributed by atoms with van der Waals surface area (Å²) in [6.45, 7) is 11.5. The summed E-state index contributed by atoms with van der Waals surface area (Å²) in [5.41, 5.74) is 5.92. The van der Waals surface area contributed by atoms with Gasteiger partial charge in [0.15, 0.2) is 0 Å². The lowest BCUT2D eigenvalue weighted by Gasteiger charge is -2.31. The van der Waals surface area contributed by atoms with Gasteiger partial charge < -0.3 is 11.1 Å². The third kappa shape index (κ3) is 3.21. The van der Waals surface area contributed by atoms with Gasteiger partial charge in [-0.1, -0.05) is 34.1 Å². The zero-order chi connectivity index (χ0) is 13.3. The van der Waals surface area contributed by atoms with Crippen molar-refractivity contribution < 1.29 is 4.79 Å². The number of hydrogen-bond acceptors (Lipinski definition) is 2. The molecule has 1 aliphatic carbocycles. The molecule has 0 heterocycles. The van der Waals surface area contributed by atoms with Crippen molar-refractivity contribution in [1.82, 2.24) is 5.32 Å². The fourth-order valence-electron chi connectivity index (χ4n) is 2.23. The summed E-state index contributed by atoms with van der Waals surface area (Å²) >= 11 is 0. The molecule has 3 atom stereocenters. The van der Waals surface area contributed by atoms with Crippen LogP contribution in [0.4, 0.5) is 0 Å². The molecule has 0 bridgehead atoms. The van der Waals surface area contributed by atoms with Crippen molar-refractivity contribution >= 4 is 5.91 Å². The minimum atomic E-state index is -0.350. The van der Waals surface area contributed by atoms with Gasteiger partial charge >= 0.3 is 0 Å². The van der Waals surface area contributed by atoms with E-state index in [0.29, 0.717) is 5.92 Å². The van der Waals surface area contributed by atoms with E-state index >= 15 is 0 Å². The van der Waals surface area contributed by atoms with Gasteiger partial charge in [0.05, 0.1) is 5.41 Å². The van der Waals surface area contributed by atoms with E-state index in [-0.39, 0.29) is 22.8 Å². The highest BCUT2D eigenvalue weighted by atomic mass is 16.2. The lowest BCUT2D eigenvalue weighted by Crippen LogP contribution is -2.48. The molecule has 1 amide bonds. The maximum absolute atomic E-state index is 12.2. The maximum atomic E-state index is 12.2. The van der Waals surface area contributed by atoms with Gasteiger partial charge in [-0.05, 0) is 31.1 Å². The van der Waals surface area contributed by atoms with E-state index in [1.165, 1.54) is 0 Å². The SMILES string of the molecule is CC(CNC(=O)C1(C)CCCC1N)C(C)(C)C. The molecular weight excluding hydrogens is 212 g/mol. The summed E-state index contributed by atoms with van der Waals surface area (Å²) in [6.07, 6.45) is 2.96. The van der Waals surface area contributed by atoms with Crippen molar-refractivity contribution in [2.45, 2.75) is 59.9 Å². The van der Waals surface area contributed by atoms with E-state index in [1.807, 2.05) is 6.92 Å². The molecule has 0 saturated heterocycles. The summed E-state index contributed by atoms with van der Waals surface area (Å²) < 4.78 is 0. The second kappa shape index (κ2) is 4.97. The van der Waals surface area contributed by atoms with Gasteiger partial charge in [0.25, 0.3) is 0 Å². The molecule has 0 aromatic carbocycles. The summed E-state index contributed by atoms with van der Waals surface area (Å²) in [7, 11) is 0. The van der Waals surface area contributed by atoms with Crippen LogP contribution >= 0.6 is 0 Å². The summed E-state index contributed by atoms with van der Waals surface area (Å²) in [5, 5.41) is 3.08. The van der Waals surface area contributed by atoms with E-state index in [4.69, 9.17) is 5.73 Å². The fraction of sp³-hybridized carbons (Fsp3) is 0.929. The molecular formula is C14H28N2O. The van der Waals surface area contributed by atoms with Crippen molar-refractivity contribution in [1.29, 1.82) is 0 Å². The molecule has 0 radical (unpaired) electrons. The van der Waals surface area contributed by atoms with Gasteiger partial charge in [-0.3, -0.25) is 4.79 Å². The molecule has 100 valence electrons. The van der Waals surface area contributed by atoms with Crippen LogP contribution in [-0.4, -0.2) is 18.5 Å². The molecule has 0 spiro atoms. The summed E-state index contributed by atoms with van der Waals surface area (Å²) in [4.78, 5) is 12.2. The minimum absolute atomic E-state index is 0.0208. The first-order valence-electron chi connectivity index (χ1n) is 6.72. The monoisotopic (exact) mass is 240 g/mol. The summed E-state index contributed by atoms with van der Waals surface area (Å²) in [6, 6.07) is 0.0208. The molecule has 1 aliphatic rings. The van der Waals surface area contributed by atoms with Crippen molar-refractivity contribution in [2.24, 2.45) is 22.5 Å². The molecule has 17 heavy (non-hydrogen) atoms. The van der Waals surface area contributed by atoms with Crippen LogP contribution in [0, 0.1) is 16.7 Å². The Balaban J connectivity index is 2.50. The van der Waals surface area contributed by atoms with E-state index < -0.39 is 0 Å². The number of amides is 1. The number of nitrogens with two attached hydrogens (primary N) is 1. The van der Waals surface area contributed by atoms with E-state index in [1.54, 1.807) is 0 Å². The van der Waals surface area contributed by atoms with Crippen molar-refractivity contribution in [3.05, 3.63) is 0 Å². The Kier molecular flexibility index (Phi) is 4.23. The third-order valence-electron chi connectivity index (χ3n) is 4.60. The Morgan fingerprint density at radius 1 is 1.53 bits per heavy atom. The quantitative estimate of drug-likeness (QED) is 0.795. The first-order chi connectivity index (χ1) is 7.68. The lowest BCUT2D eigenvalue weighted by atomic mass is 9.81. The smallest absolute Gasteiger partial charge is 0.227 e. The van der Waals surface area contributed by atoms with Crippen LogP contribution in [-0.2, 0) is 4.79 Å². The third-order valence-corrected chi connectivity index (χ3v) is 4.60. The van der Waals surface area contributed by atoms with Crippen molar-refractivity contribution in [3.63, 3.8) is 0 Å². The molecule has 0 aromatic heterocycles. The zero-order valence-electron chi connectivity index (χ0n) is 12.0. The van der Waals surface area contributed by atoms with Gasteiger partial charge in [-0.2, -0.15) is 0 Å². The predicted octanol–water partition coefficient (Wildman–Crippen LogP) is 2.30. The Bertz CT molecular complexity index is 282. The average Bonchev–Trinajstić information content (AvgIpc) is 2.55. The molecule has 0 aromatic rings. The van der Waals surface area contributed by atoms with Gasteiger partial charge in [0.1, 0.15) is 0 Å². The highest BCUT2D eigenvalue weighted by Crippen LogP contribution is 2.37. The zero-order valence-corrected chi connectivity index (χ0v) is 12.0. The standard InChI is InChI=1S/C14H28N2O/c1-10(13(2,3)4)9-16-12(17)14(5)8-6-7-11(14)15/h10-11H,6-9,15H2,1-5H3,(H,16,17). The molecule has 3 N–H and O–H groups in total. The van der Waals surface area contributed by atoms with Gasteiger partial charge in [0, 0.05) is 12.6 Å². The number of carbonyl (C=O) groups excluding carboxylic acids is 1. The Labute approximate surface area is 106 Å². The first kappa shape index (κ1) is 14.5. The molecule has 3 heteroatoms. The fourth-order valence-corrected chi connectivity index (χ4v) is 2.23. The Hall–Kier alpha value is -0.570. The second-order valence-electron chi connectivity index (χ2n) is 6.89. The Morgan fingerprint density at radius 3 is 2.53 bits per heavy atom. The van der Waals surface area contributed by atoms with Crippen LogP contribution in [0.3, 0.4) is 0 Å². The normalized spacial score (nSPS) is 31.3. The van der Waals surface area contributed by atoms with Crippen LogP contribution < -0.4 is 11.1 Å². The van der Waals surface area contributed by atoms with Gasteiger partial charge in [-0.25, -0.2) is 0 Å². The van der Waals surface area contributed by atoms with Crippen molar-refractivity contribution in [2.75, 3.05) is 6.54 Å². The van der Waals surface area contributed by atoms with E-state index in [9.17, 15) is 4.79 Å². The lowest BCUT2D eigenvalue weighted by molar-refractivity contribution is -0.130. The van der Waals surface area contributed by atoms with Gasteiger partial charge in [0.2, 0.25) is 5.91 Å². The second-order valence-corrected chi connectivity index (χ2v) is 6.89. The van der Waals surface area contributed by atoms with Gasteiger partial charge in [-0.15, -0.1) is 0 Å². The molecule has 3 nitrogen and oxygen atoms in total. The average molecular weight is 240 g/mol. The number of nitrogens with one attached hydrogen (secondary N) is 1. The summed E-state index contributed by atoms with van der Waals surface area (Å²) in [5.74, 6) is 0.603. The Morgan fingerprint density at radius 2 is 2.12 bits per heavy atom. The number of carbonyl (C=O) groups is 1. The van der Waals surface area contributed by atoms with Crippen LogP contribution in [0.2, 0.25) is 0 Å². The largest absolute Gasteiger partial charge is 0.355 e. The van der Waals surface area contributed by atoms with E-state index in [2.05, 4.69) is 33.0 Å².